The molecule has 0 bridgehead atoms. The summed E-state index contributed by atoms with van der Waals surface area (Å²) in [5, 5.41) is 0. The first-order valence-corrected chi connectivity index (χ1v) is 11.0. The second-order valence-electron chi connectivity index (χ2n) is 3.90. The summed E-state index contributed by atoms with van der Waals surface area (Å²) < 4.78 is 35.6. The monoisotopic (exact) mass is 368 g/mol. The van der Waals surface area contributed by atoms with E-state index >= 15 is 0 Å². The van der Waals surface area contributed by atoms with Gasteiger partial charge in [0.05, 0.1) is 0 Å². The predicted molar refractivity (Wildman–Crippen MR) is 76.8 cm³/mol. The summed E-state index contributed by atoms with van der Waals surface area (Å²) >= 11 is -0.621. The molecule has 4 nitrogen and oxygen atoms in total. The zero-order chi connectivity index (χ0) is 15.2. The first kappa shape index (κ1) is 17.5. The summed E-state index contributed by atoms with van der Waals surface area (Å²) in [5.41, 5.74) is 0.403. The van der Waals surface area contributed by atoms with Crippen LogP contribution in [0.25, 0.3) is 0 Å². The molecule has 0 spiro atoms. The summed E-state index contributed by atoms with van der Waals surface area (Å²) in [6.45, 7) is 5.70. The van der Waals surface area contributed by atoms with Crippen LogP contribution in [-0.4, -0.2) is 33.5 Å². The number of hydrogen-bond acceptors (Lipinski definition) is 4. The van der Waals surface area contributed by atoms with Crippen molar-refractivity contribution in [1.29, 1.82) is 0 Å². The van der Waals surface area contributed by atoms with Gasteiger partial charge in [0.25, 0.3) is 0 Å². The molecule has 0 N–H and O–H groups in total. The topological polar surface area (TPSA) is 52.6 Å². The fourth-order valence-electron chi connectivity index (χ4n) is 1.50. The molecule has 0 radical (unpaired) electrons. The Kier molecular flexibility index (Phi) is 7.07. The molecule has 0 saturated carbocycles. The van der Waals surface area contributed by atoms with Crippen LogP contribution in [0.4, 0.5) is 4.39 Å². The van der Waals surface area contributed by atoms with Gasteiger partial charge in [0.2, 0.25) is 0 Å². The molecule has 1 unspecified atom stereocenters. The van der Waals surface area contributed by atoms with Gasteiger partial charge >= 0.3 is 124 Å². The molecule has 0 aromatic heterocycles. The molecule has 0 aliphatic carbocycles. The fourth-order valence-corrected chi connectivity index (χ4v) is 8.24. The van der Waals surface area contributed by atoms with E-state index in [0.717, 1.165) is 0 Å². The van der Waals surface area contributed by atoms with E-state index in [0.29, 0.717) is 5.56 Å². The van der Waals surface area contributed by atoms with Gasteiger partial charge in [0.1, 0.15) is 0 Å². The number of hydrogen-bond donors (Lipinski definition) is 0. The Bertz CT molecular complexity index is 482. The molecule has 0 amide bonds. The van der Waals surface area contributed by atoms with Gasteiger partial charge in [-0.15, -0.1) is 0 Å². The Morgan fingerprint density at radius 1 is 1.25 bits per heavy atom. The third-order valence-corrected chi connectivity index (χ3v) is 9.47. The number of halogens is 1. The normalized spacial score (nSPS) is 13.2. The van der Waals surface area contributed by atoms with Gasteiger partial charge in [-0.05, 0) is 0 Å². The molecule has 0 aliphatic heterocycles. The molecule has 0 aliphatic rings. The first-order chi connectivity index (χ1) is 9.41. The number of ketones is 1. The second kappa shape index (κ2) is 8.06. The predicted octanol–water partition coefficient (Wildman–Crippen LogP) is 3.70. The Morgan fingerprint density at radius 2 is 1.75 bits per heavy atom. The number of rotatable bonds is 8. The van der Waals surface area contributed by atoms with Gasteiger partial charge in [-0.3, -0.25) is 0 Å². The summed E-state index contributed by atoms with van der Waals surface area (Å²) in [6, 6.07) is 5.32. The van der Waals surface area contributed by atoms with Crippen molar-refractivity contribution in [3.8, 4) is 0 Å². The molecule has 112 valence electrons. The SMILES string of the molecule is CCOP(=O)(OCC)[Se]C(C)C(=O)c1ccc(F)cc1. The average molecular weight is 367 g/mol. The molecule has 0 fully saturated rings. The van der Waals surface area contributed by atoms with E-state index in [9.17, 15) is 13.8 Å². The van der Waals surface area contributed by atoms with Crippen LogP contribution in [0.5, 0.6) is 0 Å². The molecule has 1 atom stereocenters. The third kappa shape index (κ3) is 5.12. The molecule has 1 aromatic carbocycles. The third-order valence-electron chi connectivity index (χ3n) is 2.36. The van der Waals surface area contributed by atoms with E-state index in [1.165, 1.54) is 24.3 Å². The molecule has 1 aromatic rings. The van der Waals surface area contributed by atoms with E-state index in [4.69, 9.17) is 9.05 Å². The van der Waals surface area contributed by atoms with Crippen molar-refractivity contribution in [2.75, 3.05) is 13.2 Å². The van der Waals surface area contributed by atoms with Crippen LogP contribution in [0.15, 0.2) is 24.3 Å². The quantitative estimate of drug-likeness (QED) is 0.399. The summed E-state index contributed by atoms with van der Waals surface area (Å²) in [4.78, 5) is 11.7. The molecule has 1 rings (SSSR count). The van der Waals surface area contributed by atoms with Crippen molar-refractivity contribution in [3.63, 3.8) is 0 Å². The van der Waals surface area contributed by atoms with E-state index in [-0.39, 0.29) is 19.0 Å². The van der Waals surface area contributed by atoms with Gasteiger partial charge in [0, 0.05) is 0 Å². The van der Waals surface area contributed by atoms with E-state index in [2.05, 4.69) is 0 Å². The Labute approximate surface area is 124 Å². The standard InChI is InChI=1S/C13H18FO4PSe/c1-4-17-19(16,18-5-2)20-10(3)13(15)11-6-8-12(14)9-7-11/h6-10H,4-5H2,1-3H3. The molecule has 7 heteroatoms. The van der Waals surface area contributed by atoms with Crippen molar-refractivity contribution in [2.45, 2.75) is 25.6 Å². The summed E-state index contributed by atoms with van der Waals surface area (Å²) in [6.07, 6.45) is -3.19. The van der Waals surface area contributed by atoms with Crippen LogP contribution >= 0.6 is 6.29 Å². The van der Waals surface area contributed by atoms with Crippen molar-refractivity contribution in [1.82, 2.24) is 0 Å². The van der Waals surface area contributed by atoms with Gasteiger partial charge in [0.15, 0.2) is 0 Å². The second-order valence-corrected chi connectivity index (χ2v) is 11.1. The van der Waals surface area contributed by atoms with Gasteiger partial charge in [-0.2, -0.15) is 0 Å². The minimum absolute atomic E-state index is 0.176. The minimum atomic E-state index is -3.19. The van der Waals surface area contributed by atoms with Crippen molar-refractivity contribution >= 4 is 26.6 Å². The number of carbonyl (C=O) groups excluding carboxylic acids is 1. The number of Topliss-reactive ketones (excluding diaryl/α,β-unsaturated/α-hetero) is 1. The van der Waals surface area contributed by atoms with Crippen molar-refractivity contribution < 1.29 is 22.8 Å². The van der Waals surface area contributed by atoms with Gasteiger partial charge < -0.3 is 0 Å². The molecule has 20 heavy (non-hydrogen) atoms. The maximum absolute atomic E-state index is 12.8. The van der Waals surface area contributed by atoms with E-state index in [1.807, 2.05) is 0 Å². The maximum atomic E-state index is 12.8. The van der Waals surface area contributed by atoms with Crippen molar-refractivity contribution in [3.05, 3.63) is 35.6 Å². The van der Waals surface area contributed by atoms with Crippen LogP contribution in [0.3, 0.4) is 0 Å². The van der Waals surface area contributed by atoms with Gasteiger partial charge in [-0.1, -0.05) is 0 Å². The van der Waals surface area contributed by atoms with Crippen LogP contribution < -0.4 is 0 Å². The Balaban J connectivity index is 2.78. The molecular formula is C13H18FO4PSe. The molecule has 0 heterocycles. The number of benzene rings is 1. The van der Waals surface area contributed by atoms with Crippen LogP contribution in [-0.2, 0) is 13.6 Å². The van der Waals surface area contributed by atoms with E-state index in [1.54, 1.807) is 20.8 Å². The first-order valence-electron chi connectivity index (χ1n) is 6.29. The number of carbonyl (C=O) groups is 1. The van der Waals surface area contributed by atoms with E-state index < -0.39 is 31.4 Å². The van der Waals surface area contributed by atoms with Crippen LogP contribution in [0.1, 0.15) is 31.1 Å². The van der Waals surface area contributed by atoms with Crippen LogP contribution in [0, 0.1) is 5.82 Å². The average Bonchev–Trinajstić information content (AvgIpc) is 2.39. The zero-order valence-corrected chi connectivity index (χ0v) is 14.3. The zero-order valence-electron chi connectivity index (χ0n) is 11.7. The van der Waals surface area contributed by atoms with Crippen molar-refractivity contribution in [2.24, 2.45) is 0 Å². The molecule has 0 saturated heterocycles. The van der Waals surface area contributed by atoms with Crippen LogP contribution in [0.2, 0.25) is 4.82 Å². The fraction of sp³-hybridized carbons (Fsp3) is 0.462. The Hall–Kier alpha value is -0.511. The van der Waals surface area contributed by atoms with Gasteiger partial charge in [-0.25, -0.2) is 0 Å². The Morgan fingerprint density at radius 3 is 2.20 bits per heavy atom. The summed E-state index contributed by atoms with van der Waals surface area (Å²) in [5.74, 6) is -0.571. The summed E-state index contributed by atoms with van der Waals surface area (Å²) in [7, 11) is 0. The molecular weight excluding hydrogens is 349 g/mol.